The highest BCUT2D eigenvalue weighted by Gasteiger charge is 2.25. The van der Waals surface area contributed by atoms with E-state index in [-0.39, 0.29) is 0 Å². The monoisotopic (exact) mass is 698 g/mol. The highest BCUT2D eigenvalue weighted by Crippen LogP contribution is 2.52. The highest BCUT2D eigenvalue weighted by molar-refractivity contribution is 6.28. The minimum atomic E-state index is 0.709. The van der Waals surface area contributed by atoms with Crippen LogP contribution in [0.2, 0.25) is 0 Å². The molecule has 2 heterocycles. The molecule has 9 aromatic carbocycles. The second-order valence-corrected chi connectivity index (χ2v) is 14.5. The quantitative estimate of drug-likeness (QED) is 0.184. The third kappa shape index (κ3) is 4.57. The molecule has 3 nitrogen and oxygen atoms in total. The van der Waals surface area contributed by atoms with Crippen LogP contribution in [-0.4, -0.2) is 9.97 Å². The summed E-state index contributed by atoms with van der Waals surface area (Å²) in [5, 5.41) is 9.56. The molecule has 1 aliphatic carbocycles. The molecule has 0 N–H and O–H groups in total. The Kier molecular flexibility index (Phi) is 6.34. The summed E-state index contributed by atoms with van der Waals surface area (Å²) in [6.45, 7) is 0. The standard InChI is InChI=1S/C52H30N2O/c1-2-12-32(13-3-1)46-30-47(35-22-21-31-11-4-5-14-33(31)27-35)54-52(53-46)41-26-25-36(37-15-6-7-16-38(37)41)34-23-24-39-44(28-34)40-18-10-19-43-50(40)45(39)29-49-51(43)42-17-8-9-20-48(42)55-49/h1-30H. The lowest BCUT2D eigenvalue weighted by atomic mass is 9.92. The van der Waals surface area contributed by atoms with Gasteiger partial charge in [0.05, 0.1) is 11.4 Å². The Bertz CT molecular complexity index is 3380. The summed E-state index contributed by atoms with van der Waals surface area (Å²) in [5.74, 6) is 0.709. The molecule has 0 radical (unpaired) electrons. The number of hydrogen-bond donors (Lipinski definition) is 0. The SMILES string of the molecule is c1ccc(-c2cc(-c3ccc4ccccc4c3)nc(-c3ccc(-c4ccc5c(c4)-c4cccc6c4c-5cc4oc5ccccc5c46)c4ccccc34)n2)cc1. The Labute approximate surface area is 316 Å². The number of para-hydroxylation sites is 1. The van der Waals surface area contributed by atoms with Gasteiger partial charge >= 0.3 is 0 Å². The molecular formula is C52H30N2O. The molecule has 0 spiro atoms. The molecule has 3 heteroatoms. The van der Waals surface area contributed by atoms with E-state index in [4.69, 9.17) is 14.4 Å². The number of benzene rings is 9. The number of aromatic nitrogens is 2. The molecule has 12 rings (SSSR count). The topological polar surface area (TPSA) is 38.9 Å². The molecule has 0 saturated carbocycles. The van der Waals surface area contributed by atoms with Gasteiger partial charge in [0.1, 0.15) is 11.2 Å². The summed E-state index contributed by atoms with van der Waals surface area (Å²) in [6.07, 6.45) is 0. The lowest BCUT2D eigenvalue weighted by Gasteiger charge is -2.14. The second-order valence-electron chi connectivity index (χ2n) is 14.5. The lowest BCUT2D eigenvalue weighted by Crippen LogP contribution is -1.97. The lowest BCUT2D eigenvalue weighted by molar-refractivity contribution is 0.669. The van der Waals surface area contributed by atoms with E-state index in [0.717, 1.165) is 50.0 Å². The third-order valence-electron chi connectivity index (χ3n) is 11.4. The summed E-state index contributed by atoms with van der Waals surface area (Å²) < 4.78 is 6.40. The van der Waals surface area contributed by atoms with E-state index in [1.165, 1.54) is 65.7 Å². The van der Waals surface area contributed by atoms with Gasteiger partial charge in [-0.3, -0.25) is 0 Å². The van der Waals surface area contributed by atoms with Gasteiger partial charge < -0.3 is 4.42 Å². The van der Waals surface area contributed by atoms with Crippen LogP contribution >= 0.6 is 0 Å². The molecule has 2 aromatic heterocycles. The number of nitrogens with zero attached hydrogens (tertiary/aromatic N) is 2. The Balaban J connectivity index is 1.02. The summed E-state index contributed by atoms with van der Waals surface area (Å²) in [4.78, 5) is 10.5. The maximum atomic E-state index is 6.40. The molecule has 0 aliphatic heterocycles. The smallest absolute Gasteiger partial charge is 0.161 e. The van der Waals surface area contributed by atoms with Gasteiger partial charge in [-0.2, -0.15) is 0 Å². The van der Waals surface area contributed by atoms with Crippen LogP contribution in [0.4, 0.5) is 0 Å². The molecular weight excluding hydrogens is 669 g/mol. The van der Waals surface area contributed by atoms with E-state index in [9.17, 15) is 0 Å². The van der Waals surface area contributed by atoms with E-state index in [1.807, 2.05) is 12.1 Å². The van der Waals surface area contributed by atoms with Crippen LogP contribution in [-0.2, 0) is 0 Å². The molecule has 11 aromatic rings. The van der Waals surface area contributed by atoms with E-state index in [0.29, 0.717) is 5.82 Å². The Hall–Kier alpha value is -7.36. The van der Waals surface area contributed by atoms with Crippen LogP contribution in [0.25, 0.3) is 122 Å². The van der Waals surface area contributed by atoms with Crippen LogP contribution < -0.4 is 0 Å². The van der Waals surface area contributed by atoms with E-state index >= 15 is 0 Å². The van der Waals surface area contributed by atoms with Crippen molar-refractivity contribution in [3.8, 4) is 67.3 Å². The van der Waals surface area contributed by atoms with Crippen LogP contribution in [0.5, 0.6) is 0 Å². The van der Waals surface area contributed by atoms with Crippen molar-refractivity contribution >= 4 is 54.3 Å². The molecule has 55 heavy (non-hydrogen) atoms. The normalized spacial score (nSPS) is 12.0. The predicted molar refractivity (Wildman–Crippen MR) is 228 cm³/mol. The molecule has 1 aliphatic rings. The van der Waals surface area contributed by atoms with Crippen LogP contribution in [0, 0.1) is 0 Å². The highest BCUT2D eigenvalue weighted by atomic mass is 16.3. The van der Waals surface area contributed by atoms with Crippen LogP contribution in [0.3, 0.4) is 0 Å². The Morgan fingerprint density at radius 1 is 0.309 bits per heavy atom. The van der Waals surface area contributed by atoms with Crippen molar-refractivity contribution in [3.63, 3.8) is 0 Å². The predicted octanol–water partition coefficient (Wildman–Crippen LogP) is 14.2. The van der Waals surface area contributed by atoms with Crippen LogP contribution in [0.15, 0.2) is 186 Å². The fourth-order valence-corrected chi connectivity index (χ4v) is 8.87. The fourth-order valence-electron chi connectivity index (χ4n) is 8.87. The van der Waals surface area contributed by atoms with Crippen molar-refractivity contribution < 1.29 is 4.42 Å². The van der Waals surface area contributed by atoms with Gasteiger partial charge in [-0.1, -0.05) is 146 Å². The molecule has 0 fully saturated rings. The zero-order chi connectivity index (χ0) is 36.0. The van der Waals surface area contributed by atoms with Gasteiger partial charge in [0.25, 0.3) is 0 Å². The second kappa shape index (κ2) is 11.6. The van der Waals surface area contributed by atoms with Crippen molar-refractivity contribution in [2.24, 2.45) is 0 Å². The number of fused-ring (bicyclic) bond motifs is 9. The first-order valence-corrected chi connectivity index (χ1v) is 18.7. The van der Waals surface area contributed by atoms with Crippen molar-refractivity contribution in [1.82, 2.24) is 9.97 Å². The largest absolute Gasteiger partial charge is 0.456 e. The first kappa shape index (κ1) is 30.1. The van der Waals surface area contributed by atoms with E-state index in [1.54, 1.807) is 0 Å². The molecule has 0 unspecified atom stereocenters. The summed E-state index contributed by atoms with van der Waals surface area (Å²) in [5.41, 5.74) is 14.1. The maximum absolute atomic E-state index is 6.40. The third-order valence-corrected chi connectivity index (χ3v) is 11.4. The zero-order valence-corrected chi connectivity index (χ0v) is 29.6. The molecule has 0 amide bonds. The average molecular weight is 699 g/mol. The van der Waals surface area contributed by atoms with Crippen LogP contribution in [0.1, 0.15) is 0 Å². The van der Waals surface area contributed by atoms with E-state index < -0.39 is 0 Å². The first-order valence-electron chi connectivity index (χ1n) is 18.7. The number of rotatable bonds is 4. The molecule has 254 valence electrons. The molecule has 0 saturated heterocycles. The minimum absolute atomic E-state index is 0.709. The summed E-state index contributed by atoms with van der Waals surface area (Å²) in [7, 11) is 0. The first-order chi connectivity index (χ1) is 27.2. The molecule has 0 atom stereocenters. The fraction of sp³-hybridized carbons (Fsp3) is 0. The van der Waals surface area contributed by atoms with Gasteiger partial charge in [-0.25, -0.2) is 9.97 Å². The van der Waals surface area contributed by atoms with Gasteiger partial charge in [-0.15, -0.1) is 0 Å². The molecule has 0 bridgehead atoms. The van der Waals surface area contributed by atoms with Gasteiger partial charge in [-0.05, 0) is 102 Å². The van der Waals surface area contributed by atoms with Gasteiger partial charge in [0.2, 0.25) is 0 Å². The van der Waals surface area contributed by atoms with Crippen molar-refractivity contribution in [1.29, 1.82) is 0 Å². The summed E-state index contributed by atoms with van der Waals surface area (Å²) >= 11 is 0. The number of furan rings is 1. The van der Waals surface area contributed by atoms with Crippen molar-refractivity contribution in [2.75, 3.05) is 0 Å². The number of hydrogen-bond acceptors (Lipinski definition) is 3. The minimum Gasteiger partial charge on any atom is -0.456 e. The van der Waals surface area contributed by atoms with E-state index in [2.05, 4.69) is 170 Å². The van der Waals surface area contributed by atoms with Crippen molar-refractivity contribution in [3.05, 3.63) is 182 Å². The van der Waals surface area contributed by atoms with Gasteiger partial charge in [0.15, 0.2) is 5.82 Å². The zero-order valence-electron chi connectivity index (χ0n) is 29.6. The Morgan fingerprint density at radius 3 is 1.85 bits per heavy atom. The maximum Gasteiger partial charge on any atom is 0.161 e. The average Bonchev–Trinajstić information content (AvgIpc) is 3.79. The van der Waals surface area contributed by atoms with Gasteiger partial charge in [0, 0.05) is 27.5 Å². The summed E-state index contributed by atoms with van der Waals surface area (Å²) in [6, 6.07) is 64.9. The van der Waals surface area contributed by atoms with Crippen molar-refractivity contribution in [2.45, 2.75) is 0 Å². The Morgan fingerprint density at radius 2 is 0.982 bits per heavy atom.